The monoisotopic (exact) mass is 211 g/mol. The highest BCUT2D eigenvalue weighted by atomic mass is 31.2. The van der Waals surface area contributed by atoms with Gasteiger partial charge in [-0.25, -0.2) is 4.57 Å². The van der Waals surface area contributed by atoms with Crippen molar-refractivity contribution in [2.45, 2.75) is 26.2 Å². The van der Waals surface area contributed by atoms with Crippen molar-refractivity contribution in [1.82, 2.24) is 5.32 Å². The summed E-state index contributed by atoms with van der Waals surface area (Å²) in [7, 11) is -4.27. The van der Waals surface area contributed by atoms with Gasteiger partial charge in [-0.3, -0.25) is 4.52 Å². The number of hydrogen-bond acceptors (Lipinski definition) is 3. The van der Waals surface area contributed by atoms with Crippen molar-refractivity contribution in [1.29, 1.82) is 0 Å². The quantitative estimate of drug-likeness (QED) is 0.410. The van der Waals surface area contributed by atoms with Crippen molar-refractivity contribution in [2.24, 2.45) is 0 Å². The summed E-state index contributed by atoms with van der Waals surface area (Å²) >= 11 is 0. The standard InChI is InChI=1S/C7H18NO4P/c1-2-3-4-5-8-6-7-12-13(9,10)11/h8H,2-7H2,1H3,(H2,9,10,11). The summed E-state index contributed by atoms with van der Waals surface area (Å²) in [4.78, 5) is 16.6. The fourth-order valence-corrected chi connectivity index (χ4v) is 1.19. The van der Waals surface area contributed by atoms with Crippen LogP contribution in [0.25, 0.3) is 0 Å². The minimum absolute atomic E-state index is 0.0520. The molecule has 0 amide bonds. The minimum Gasteiger partial charge on any atom is -0.314 e. The molecule has 0 bridgehead atoms. The van der Waals surface area contributed by atoms with E-state index in [0.717, 1.165) is 13.0 Å². The van der Waals surface area contributed by atoms with Gasteiger partial charge in [-0.1, -0.05) is 19.8 Å². The van der Waals surface area contributed by atoms with Gasteiger partial charge in [-0.15, -0.1) is 0 Å². The summed E-state index contributed by atoms with van der Waals surface area (Å²) in [5, 5.41) is 3.02. The van der Waals surface area contributed by atoms with Crippen molar-refractivity contribution in [3.63, 3.8) is 0 Å². The summed E-state index contributed by atoms with van der Waals surface area (Å²) in [6.45, 7) is 3.53. The lowest BCUT2D eigenvalue weighted by Gasteiger charge is -2.05. The maximum Gasteiger partial charge on any atom is 0.469 e. The fraction of sp³-hybridized carbons (Fsp3) is 1.00. The molecule has 0 fully saturated rings. The Morgan fingerprint density at radius 2 is 2.00 bits per heavy atom. The first kappa shape index (κ1) is 13.1. The van der Waals surface area contributed by atoms with Gasteiger partial charge in [0, 0.05) is 6.54 Å². The molecule has 0 spiro atoms. The van der Waals surface area contributed by atoms with Gasteiger partial charge >= 0.3 is 7.82 Å². The number of hydrogen-bond donors (Lipinski definition) is 3. The van der Waals surface area contributed by atoms with E-state index in [9.17, 15) is 4.57 Å². The van der Waals surface area contributed by atoms with Crippen molar-refractivity contribution in [3.8, 4) is 0 Å². The summed E-state index contributed by atoms with van der Waals surface area (Å²) in [6, 6.07) is 0. The minimum atomic E-state index is -4.27. The second-order valence-corrected chi connectivity index (χ2v) is 4.02. The third kappa shape index (κ3) is 12.1. The highest BCUT2D eigenvalue weighted by Gasteiger charge is 2.11. The van der Waals surface area contributed by atoms with Crippen LogP contribution in [0.3, 0.4) is 0 Å². The molecule has 0 unspecified atom stereocenters. The van der Waals surface area contributed by atoms with Crippen LogP contribution in [0.1, 0.15) is 26.2 Å². The van der Waals surface area contributed by atoms with Gasteiger partial charge in [0.15, 0.2) is 0 Å². The highest BCUT2D eigenvalue weighted by molar-refractivity contribution is 7.46. The van der Waals surface area contributed by atoms with Crippen molar-refractivity contribution < 1.29 is 18.9 Å². The topological polar surface area (TPSA) is 78.8 Å². The Balaban J connectivity index is 3.04. The van der Waals surface area contributed by atoms with E-state index in [1.54, 1.807) is 0 Å². The fourth-order valence-electron chi connectivity index (χ4n) is 0.862. The molecule has 0 aliphatic rings. The molecule has 0 aromatic rings. The summed E-state index contributed by atoms with van der Waals surface area (Å²) in [5.41, 5.74) is 0. The Labute approximate surface area is 78.7 Å². The van der Waals surface area contributed by atoms with Crippen molar-refractivity contribution in [2.75, 3.05) is 19.7 Å². The lowest BCUT2D eigenvalue weighted by Crippen LogP contribution is -2.20. The third-order valence-electron chi connectivity index (χ3n) is 1.50. The smallest absolute Gasteiger partial charge is 0.314 e. The molecule has 0 radical (unpaired) electrons. The van der Waals surface area contributed by atoms with Crippen LogP contribution < -0.4 is 5.32 Å². The van der Waals surface area contributed by atoms with E-state index in [2.05, 4.69) is 16.8 Å². The molecular weight excluding hydrogens is 193 g/mol. The average molecular weight is 211 g/mol. The van der Waals surface area contributed by atoms with Crippen LogP contribution >= 0.6 is 7.82 Å². The number of nitrogens with one attached hydrogen (secondary N) is 1. The zero-order valence-electron chi connectivity index (χ0n) is 7.90. The SMILES string of the molecule is CCCCCNCCOP(=O)(O)O. The first-order valence-electron chi connectivity index (χ1n) is 4.47. The van der Waals surface area contributed by atoms with Crippen LogP contribution in [0.2, 0.25) is 0 Å². The first-order chi connectivity index (χ1) is 6.06. The molecule has 80 valence electrons. The average Bonchev–Trinajstić information content (AvgIpc) is 2.01. The van der Waals surface area contributed by atoms with E-state index in [4.69, 9.17) is 9.79 Å². The van der Waals surface area contributed by atoms with Gasteiger partial charge < -0.3 is 15.1 Å². The van der Waals surface area contributed by atoms with Gasteiger partial charge in [0.25, 0.3) is 0 Å². The first-order valence-corrected chi connectivity index (χ1v) is 6.00. The molecule has 0 atom stereocenters. The lowest BCUT2D eigenvalue weighted by molar-refractivity contribution is 0.197. The molecule has 0 saturated carbocycles. The van der Waals surface area contributed by atoms with E-state index < -0.39 is 7.82 Å². The normalized spacial score (nSPS) is 11.9. The largest absolute Gasteiger partial charge is 0.469 e. The van der Waals surface area contributed by atoms with Crippen LogP contribution in [-0.4, -0.2) is 29.5 Å². The lowest BCUT2D eigenvalue weighted by atomic mass is 10.2. The molecule has 6 heteroatoms. The molecule has 3 N–H and O–H groups in total. The molecular formula is C7H18NO4P. The van der Waals surface area contributed by atoms with Gasteiger partial charge in [0.1, 0.15) is 0 Å². The summed E-state index contributed by atoms with van der Waals surface area (Å²) in [6.07, 6.45) is 3.43. The Kier molecular flexibility index (Phi) is 7.51. The second-order valence-electron chi connectivity index (χ2n) is 2.78. The van der Waals surface area contributed by atoms with E-state index in [1.807, 2.05) is 0 Å². The van der Waals surface area contributed by atoms with E-state index in [1.165, 1.54) is 12.8 Å². The Morgan fingerprint density at radius 1 is 1.31 bits per heavy atom. The zero-order chi connectivity index (χ0) is 10.2. The Bertz CT molecular complexity index is 159. The second kappa shape index (κ2) is 7.47. The van der Waals surface area contributed by atoms with E-state index in [0.29, 0.717) is 6.54 Å². The van der Waals surface area contributed by atoms with E-state index in [-0.39, 0.29) is 6.61 Å². The Hall–Kier alpha value is 0.0700. The molecule has 0 heterocycles. The molecule has 13 heavy (non-hydrogen) atoms. The van der Waals surface area contributed by atoms with Crippen LogP contribution in [0.5, 0.6) is 0 Å². The molecule has 0 aliphatic carbocycles. The van der Waals surface area contributed by atoms with Crippen LogP contribution in [-0.2, 0) is 9.09 Å². The zero-order valence-corrected chi connectivity index (χ0v) is 8.80. The van der Waals surface area contributed by atoms with Crippen LogP contribution in [0.4, 0.5) is 0 Å². The predicted octanol–water partition coefficient (Wildman–Crippen LogP) is 0.875. The molecule has 0 aliphatic heterocycles. The molecule has 5 nitrogen and oxygen atoms in total. The molecule has 0 aromatic heterocycles. The van der Waals surface area contributed by atoms with Crippen LogP contribution in [0, 0.1) is 0 Å². The number of unbranched alkanes of at least 4 members (excludes halogenated alkanes) is 2. The number of phosphoric acid groups is 1. The van der Waals surface area contributed by atoms with Gasteiger partial charge in [0.2, 0.25) is 0 Å². The maximum atomic E-state index is 10.2. The molecule has 0 saturated heterocycles. The molecule has 0 rings (SSSR count). The predicted molar refractivity (Wildman–Crippen MR) is 50.4 cm³/mol. The maximum absolute atomic E-state index is 10.2. The Morgan fingerprint density at radius 3 is 2.54 bits per heavy atom. The number of phosphoric ester groups is 1. The highest BCUT2D eigenvalue weighted by Crippen LogP contribution is 2.34. The van der Waals surface area contributed by atoms with Crippen LogP contribution in [0.15, 0.2) is 0 Å². The van der Waals surface area contributed by atoms with Gasteiger partial charge in [-0.2, -0.15) is 0 Å². The van der Waals surface area contributed by atoms with E-state index >= 15 is 0 Å². The molecule has 0 aromatic carbocycles. The summed E-state index contributed by atoms with van der Waals surface area (Å²) < 4.78 is 14.5. The number of rotatable bonds is 8. The summed E-state index contributed by atoms with van der Waals surface area (Å²) in [5.74, 6) is 0. The van der Waals surface area contributed by atoms with Crippen molar-refractivity contribution >= 4 is 7.82 Å². The van der Waals surface area contributed by atoms with Crippen molar-refractivity contribution in [3.05, 3.63) is 0 Å². The van der Waals surface area contributed by atoms with Gasteiger partial charge in [-0.05, 0) is 13.0 Å². The van der Waals surface area contributed by atoms with Gasteiger partial charge in [0.05, 0.1) is 6.61 Å². The third-order valence-corrected chi connectivity index (χ3v) is 2.01.